The highest BCUT2D eigenvalue weighted by molar-refractivity contribution is 6.30. The number of benzene rings is 2. The molecule has 3 heterocycles. The van der Waals surface area contributed by atoms with E-state index in [1.165, 1.54) is 0 Å². The summed E-state index contributed by atoms with van der Waals surface area (Å²) in [5.41, 5.74) is 3.98. The summed E-state index contributed by atoms with van der Waals surface area (Å²) >= 11 is 6.33. The smallest absolute Gasteiger partial charge is 0.246 e. The van der Waals surface area contributed by atoms with E-state index in [-0.39, 0.29) is 30.5 Å². The lowest BCUT2D eigenvalue weighted by Crippen LogP contribution is -2.63. The lowest BCUT2D eigenvalue weighted by atomic mass is 9.86. The summed E-state index contributed by atoms with van der Waals surface area (Å²) in [5, 5.41) is 1.71. The molecule has 0 radical (unpaired) electrons. The molecule has 2 atom stereocenters. The SMILES string of the molecule is CC(C)OCCCN1CC(=O)N2[C@@H](c3cccc(Cl)c3)c3[nH]c4ccccc4c3C[C@H]2C1=O. The standard InChI is InChI=1S/C26H28ClN3O3/c1-16(2)33-12-6-11-29-15-23(31)30-22(26(29)32)14-20-19-9-3-4-10-21(19)28-24(20)25(30)17-7-5-8-18(27)13-17/h3-5,7-10,13,16,22,25,28H,6,11-12,14-15H2,1-2H3/t22-,25-/m0/s1. The Morgan fingerprint density at radius 2 is 1.97 bits per heavy atom. The van der Waals surface area contributed by atoms with Crippen LogP contribution in [-0.4, -0.2) is 58.4 Å². The number of halogens is 1. The predicted molar refractivity (Wildman–Crippen MR) is 128 cm³/mol. The number of hydrogen-bond acceptors (Lipinski definition) is 3. The van der Waals surface area contributed by atoms with Crippen LogP contribution in [0.1, 0.15) is 43.1 Å². The number of para-hydroxylation sites is 1. The van der Waals surface area contributed by atoms with Crippen LogP contribution in [0.2, 0.25) is 5.02 Å². The molecule has 0 spiro atoms. The molecular weight excluding hydrogens is 438 g/mol. The first-order chi connectivity index (χ1) is 15.9. The Morgan fingerprint density at radius 1 is 1.15 bits per heavy atom. The molecule has 1 saturated heterocycles. The van der Waals surface area contributed by atoms with Gasteiger partial charge in [0.15, 0.2) is 0 Å². The van der Waals surface area contributed by atoms with Crippen molar-refractivity contribution in [3.8, 4) is 0 Å². The van der Waals surface area contributed by atoms with Gasteiger partial charge in [0, 0.05) is 41.2 Å². The Bertz CT molecular complexity index is 1200. The monoisotopic (exact) mass is 465 g/mol. The number of nitrogens with zero attached hydrogens (tertiary/aromatic N) is 2. The summed E-state index contributed by atoms with van der Waals surface area (Å²) in [6.07, 6.45) is 1.36. The number of carbonyl (C=O) groups is 2. The second kappa shape index (κ2) is 8.84. The second-order valence-electron chi connectivity index (χ2n) is 9.07. The second-order valence-corrected chi connectivity index (χ2v) is 9.51. The molecule has 3 aromatic rings. The van der Waals surface area contributed by atoms with Gasteiger partial charge in [-0.1, -0.05) is 41.9 Å². The van der Waals surface area contributed by atoms with Crippen molar-refractivity contribution in [3.63, 3.8) is 0 Å². The molecule has 2 aliphatic rings. The maximum absolute atomic E-state index is 13.6. The van der Waals surface area contributed by atoms with E-state index in [1.54, 1.807) is 9.80 Å². The van der Waals surface area contributed by atoms with Crippen molar-refractivity contribution < 1.29 is 14.3 Å². The first-order valence-corrected chi connectivity index (χ1v) is 11.9. The minimum Gasteiger partial charge on any atom is -0.379 e. The number of aromatic amines is 1. The van der Waals surface area contributed by atoms with Gasteiger partial charge in [-0.2, -0.15) is 0 Å². The summed E-state index contributed by atoms with van der Waals surface area (Å²) in [6.45, 7) is 5.16. The van der Waals surface area contributed by atoms with E-state index in [0.29, 0.717) is 31.0 Å². The van der Waals surface area contributed by atoms with Gasteiger partial charge in [0.1, 0.15) is 6.04 Å². The van der Waals surface area contributed by atoms with E-state index in [9.17, 15) is 9.59 Å². The number of piperazine rings is 1. The molecule has 7 heteroatoms. The molecule has 2 aromatic carbocycles. The van der Waals surface area contributed by atoms with Crippen molar-refractivity contribution in [2.24, 2.45) is 0 Å². The fourth-order valence-electron chi connectivity index (χ4n) is 5.11. The van der Waals surface area contributed by atoms with Crippen LogP contribution < -0.4 is 0 Å². The molecule has 0 unspecified atom stereocenters. The van der Waals surface area contributed by atoms with Crippen LogP contribution in [0.4, 0.5) is 0 Å². The van der Waals surface area contributed by atoms with Gasteiger partial charge >= 0.3 is 0 Å². The third kappa shape index (κ3) is 4.02. The Hall–Kier alpha value is -2.83. The van der Waals surface area contributed by atoms with Crippen molar-refractivity contribution in [1.82, 2.24) is 14.8 Å². The molecule has 0 bridgehead atoms. The van der Waals surface area contributed by atoms with Crippen LogP contribution in [0.5, 0.6) is 0 Å². The third-order valence-corrected chi connectivity index (χ3v) is 6.77. The van der Waals surface area contributed by atoms with Crippen LogP contribution in [-0.2, 0) is 20.7 Å². The van der Waals surface area contributed by atoms with Crippen LogP contribution in [0, 0.1) is 0 Å². The van der Waals surface area contributed by atoms with Crippen LogP contribution in [0.3, 0.4) is 0 Å². The Balaban J connectivity index is 1.53. The van der Waals surface area contributed by atoms with Crippen LogP contribution in [0.25, 0.3) is 10.9 Å². The highest BCUT2D eigenvalue weighted by atomic mass is 35.5. The normalized spacial score (nSPS) is 20.5. The highest BCUT2D eigenvalue weighted by Gasteiger charge is 2.48. The average molecular weight is 466 g/mol. The van der Waals surface area contributed by atoms with Crippen molar-refractivity contribution in [1.29, 1.82) is 0 Å². The number of fused-ring (bicyclic) bond motifs is 4. The van der Waals surface area contributed by atoms with E-state index >= 15 is 0 Å². The molecule has 5 rings (SSSR count). The van der Waals surface area contributed by atoms with Gasteiger partial charge in [-0.3, -0.25) is 9.59 Å². The maximum atomic E-state index is 13.6. The van der Waals surface area contributed by atoms with Gasteiger partial charge in [-0.25, -0.2) is 0 Å². The number of nitrogens with one attached hydrogen (secondary N) is 1. The largest absolute Gasteiger partial charge is 0.379 e. The van der Waals surface area contributed by atoms with Gasteiger partial charge in [-0.05, 0) is 49.6 Å². The molecule has 1 aromatic heterocycles. The number of rotatable bonds is 6. The number of carbonyl (C=O) groups excluding carboxylic acids is 2. The fraction of sp³-hybridized carbons (Fsp3) is 0.385. The molecule has 1 N–H and O–H groups in total. The summed E-state index contributed by atoms with van der Waals surface area (Å²) in [6, 6.07) is 14.8. The number of hydrogen-bond donors (Lipinski definition) is 1. The summed E-state index contributed by atoms with van der Waals surface area (Å²) in [5.74, 6) is -0.0410. The van der Waals surface area contributed by atoms with Crippen molar-refractivity contribution in [3.05, 3.63) is 70.4 Å². The third-order valence-electron chi connectivity index (χ3n) is 6.53. The molecule has 172 valence electrons. The first-order valence-electron chi connectivity index (χ1n) is 11.5. The van der Waals surface area contributed by atoms with Crippen molar-refractivity contribution in [2.75, 3.05) is 19.7 Å². The zero-order chi connectivity index (χ0) is 23.1. The molecule has 2 aliphatic heterocycles. The zero-order valence-electron chi connectivity index (χ0n) is 18.9. The van der Waals surface area contributed by atoms with E-state index in [2.05, 4.69) is 11.1 Å². The van der Waals surface area contributed by atoms with E-state index in [4.69, 9.17) is 16.3 Å². The molecular formula is C26H28ClN3O3. The molecule has 2 amide bonds. The van der Waals surface area contributed by atoms with Crippen LogP contribution >= 0.6 is 11.6 Å². The number of ether oxygens (including phenoxy) is 1. The van der Waals surface area contributed by atoms with Crippen molar-refractivity contribution in [2.45, 2.75) is 44.9 Å². The van der Waals surface area contributed by atoms with Gasteiger partial charge in [0.05, 0.1) is 18.7 Å². The van der Waals surface area contributed by atoms with E-state index in [1.807, 2.05) is 56.3 Å². The minimum atomic E-state index is -0.534. The van der Waals surface area contributed by atoms with Gasteiger partial charge in [0.2, 0.25) is 11.8 Å². The van der Waals surface area contributed by atoms with Gasteiger partial charge in [-0.15, -0.1) is 0 Å². The number of H-pyrrole nitrogens is 1. The molecule has 1 fully saturated rings. The van der Waals surface area contributed by atoms with Gasteiger partial charge < -0.3 is 19.5 Å². The molecule has 33 heavy (non-hydrogen) atoms. The molecule has 0 aliphatic carbocycles. The maximum Gasteiger partial charge on any atom is 0.246 e. The quantitative estimate of drug-likeness (QED) is 0.551. The molecule has 6 nitrogen and oxygen atoms in total. The summed E-state index contributed by atoms with van der Waals surface area (Å²) in [7, 11) is 0. The number of amides is 2. The van der Waals surface area contributed by atoms with Crippen molar-refractivity contribution >= 4 is 34.3 Å². The lowest BCUT2D eigenvalue weighted by molar-refractivity contribution is -0.158. The highest BCUT2D eigenvalue weighted by Crippen LogP contribution is 2.42. The number of aromatic nitrogens is 1. The summed E-state index contributed by atoms with van der Waals surface area (Å²) < 4.78 is 5.62. The first kappa shape index (κ1) is 22.0. The topological polar surface area (TPSA) is 65.6 Å². The minimum absolute atomic E-state index is 0.00195. The Morgan fingerprint density at radius 3 is 2.76 bits per heavy atom. The summed E-state index contributed by atoms with van der Waals surface area (Å²) in [4.78, 5) is 34.1. The fourth-order valence-corrected chi connectivity index (χ4v) is 5.31. The zero-order valence-corrected chi connectivity index (χ0v) is 19.6. The lowest BCUT2D eigenvalue weighted by Gasteiger charge is -2.47. The molecule has 0 saturated carbocycles. The Kier molecular flexibility index (Phi) is 5.89. The van der Waals surface area contributed by atoms with E-state index < -0.39 is 6.04 Å². The predicted octanol–water partition coefficient (Wildman–Crippen LogP) is 4.32. The van der Waals surface area contributed by atoms with Gasteiger partial charge in [0.25, 0.3) is 0 Å². The Labute approximate surface area is 198 Å². The average Bonchev–Trinajstić information content (AvgIpc) is 3.16. The van der Waals surface area contributed by atoms with E-state index in [0.717, 1.165) is 27.7 Å². The van der Waals surface area contributed by atoms with Crippen LogP contribution in [0.15, 0.2) is 48.5 Å².